The summed E-state index contributed by atoms with van der Waals surface area (Å²) in [5, 5.41) is 19.2. The van der Waals surface area contributed by atoms with Gasteiger partial charge in [-0.2, -0.15) is 0 Å². The van der Waals surface area contributed by atoms with E-state index >= 15 is 0 Å². The Balaban J connectivity index is 2.38. The van der Waals surface area contributed by atoms with Crippen LogP contribution in [0.2, 0.25) is 0 Å². The Morgan fingerprint density at radius 2 is 2.05 bits per heavy atom. The van der Waals surface area contributed by atoms with Gasteiger partial charge in [0, 0.05) is 18.7 Å². The molecule has 0 atom stereocenters. The van der Waals surface area contributed by atoms with Gasteiger partial charge in [0.2, 0.25) is 0 Å². The molecule has 0 unspecified atom stereocenters. The summed E-state index contributed by atoms with van der Waals surface area (Å²) in [6.07, 6.45) is -0.310. The number of hydrogen-bond donors (Lipinski definition) is 1. The number of anilines is 1. The lowest BCUT2D eigenvalue weighted by Gasteiger charge is -2.14. The lowest BCUT2D eigenvalue weighted by Crippen LogP contribution is -2.31. The number of fused-ring (bicyclic) bond motifs is 1. The number of ketones is 1. The van der Waals surface area contributed by atoms with Crippen LogP contribution in [0.15, 0.2) is 18.2 Å². The third-order valence-corrected chi connectivity index (χ3v) is 2.72. The molecule has 1 heterocycles. The molecular formula is C11H8N2O6. The van der Waals surface area contributed by atoms with E-state index in [4.69, 9.17) is 5.11 Å². The smallest absolute Gasteiger partial charge is 0.305 e. The van der Waals surface area contributed by atoms with Gasteiger partial charge in [-0.25, -0.2) is 0 Å². The van der Waals surface area contributed by atoms with Crippen molar-refractivity contribution in [3.05, 3.63) is 33.9 Å². The number of nitro groups is 1. The Bertz CT molecular complexity index is 609. The van der Waals surface area contributed by atoms with Crippen molar-refractivity contribution in [2.75, 3.05) is 11.4 Å². The highest BCUT2D eigenvalue weighted by molar-refractivity contribution is 6.52. The molecule has 2 rings (SSSR count). The number of amides is 1. The van der Waals surface area contributed by atoms with Crippen LogP contribution >= 0.6 is 0 Å². The van der Waals surface area contributed by atoms with Crippen LogP contribution in [0.4, 0.5) is 11.4 Å². The largest absolute Gasteiger partial charge is 0.481 e. The van der Waals surface area contributed by atoms with Crippen LogP contribution in [-0.4, -0.2) is 34.2 Å². The van der Waals surface area contributed by atoms with Crippen molar-refractivity contribution >= 4 is 29.0 Å². The van der Waals surface area contributed by atoms with Crippen LogP contribution in [-0.2, 0) is 9.59 Å². The predicted octanol–water partition coefficient (Wildman–Crippen LogP) is 0.599. The van der Waals surface area contributed by atoms with E-state index in [2.05, 4.69) is 0 Å². The van der Waals surface area contributed by atoms with Gasteiger partial charge in [-0.05, 0) is 6.07 Å². The lowest BCUT2D eigenvalue weighted by atomic mass is 10.1. The third-order valence-electron chi connectivity index (χ3n) is 2.72. The zero-order chi connectivity index (χ0) is 14.2. The summed E-state index contributed by atoms with van der Waals surface area (Å²) in [7, 11) is 0. The highest BCUT2D eigenvalue weighted by Gasteiger charge is 2.36. The highest BCUT2D eigenvalue weighted by atomic mass is 16.6. The minimum atomic E-state index is -1.10. The fourth-order valence-electron chi connectivity index (χ4n) is 1.83. The number of non-ortho nitro benzene ring substituents is 1. The summed E-state index contributed by atoms with van der Waals surface area (Å²) in [5.74, 6) is -2.82. The van der Waals surface area contributed by atoms with Crippen molar-refractivity contribution in [2.24, 2.45) is 0 Å². The van der Waals surface area contributed by atoms with E-state index in [1.165, 1.54) is 12.1 Å². The molecule has 0 aromatic heterocycles. The Morgan fingerprint density at radius 1 is 1.37 bits per heavy atom. The van der Waals surface area contributed by atoms with Crippen molar-refractivity contribution < 1.29 is 24.4 Å². The molecule has 1 aromatic carbocycles. The van der Waals surface area contributed by atoms with Gasteiger partial charge in [0.25, 0.3) is 17.4 Å². The molecule has 19 heavy (non-hydrogen) atoms. The summed E-state index contributed by atoms with van der Waals surface area (Å²) in [6, 6.07) is 3.47. The molecule has 0 bridgehead atoms. The molecule has 1 aliphatic rings. The van der Waals surface area contributed by atoms with Crippen LogP contribution in [0.1, 0.15) is 16.8 Å². The first-order chi connectivity index (χ1) is 8.91. The van der Waals surface area contributed by atoms with E-state index in [1.807, 2.05) is 0 Å². The molecule has 1 aliphatic heterocycles. The van der Waals surface area contributed by atoms with Crippen molar-refractivity contribution in [3.8, 4) is 0 Å². The summed E-state index contributed by atoms with van der Waals surface area (Å²) < 4.78 is 0. The second kappa shape index (κ2) is 4.48. The summed E-state index contributed by atoms with van der Waals surface area (Å²) >= 11 is 0. The number of nitro benzene ring substituents is 1. The number of carbonyl (C=O) groups is 3. The van der Waals surface area contributed by atoms with Gasteiger partial charge in [0.05, 0.1) is 22.6 Å². The van der Waals surface area contributed by atoms with Crippen molar-refractivity contribution in [3.63, 3.8) is 0 Å². The molecule has 0 radical (unpaired) electrons. The van der Waals surface area contributed by atoms with E-state index in [-0.39, 0.29) is 29.9 Å². The molecule has 1 N–H and O–H groups in total. The Kier molecular flexibility index (Phi) is 2.99. The zero-order valence-electron chi connectivity index (χ0n) is 9.53. The van der Waals surface area contributed by atoms with Crippen molar-refractivity contribution in [1.82, 2.24) is 0 Å². The Labute approximate surface area is 106 Å². The fourth-order valence-corrected chi connectivity index (χ4v) is 1.83. The summed E-state index contributed by atoms with van der Waals surface area (Å²) in [4.78, 5) is 44.8. The molecule has 1 aromatic rings. The number of benzene rings is 1. The van der Waals surface area contributed by atoms with Gasteiger partial charge in [0.15, 0.2) is 0 Å². The summed E-state index contributed by atoms with van der Waals surface area (Å²) in [6.45, 7) is -0.148. The SMILES string of the molecule is O=C(O)CCN1C(=O)C(=O)c2cc([N+](=O)[O-])ccc21. The monoisotopic (exact) mass is 264 g/mol. The minimum absolute atomic E-state index is 0.0652. The minimum Gasteiger partial charge on any atom is -0.481 e. The molecule has 98 valence electrons. The maximum absolute atomic E-state index is 11.7. The Hall–Kier alpha value is -2.77. The average Bonchev–Trinajstić information content (AvgIpc) is 2.59. The number of Topliss-reactive ketones (excluding diaryl/α,β-unsaturated/α-hetero) is 1. The second-order valence-electron chi connectivity index (χ2n) is 3.89. The number of carbonyl (C=O) groups excluding carboxylic acids is 2. The first-order valence-electron chi connectivity index (χ1n) is 5.28. The quantitative estimate of drug-likeness (QED) is 0.483. The molecule has 0 aliphatic carbocycles. The first kappa shape index (κ1) is 12.7. The second-order valence-corrected chi connectivity index (χ2v) is 3.89. The molecule has 0 saturated carbocycles. The van der Waals surface area contributed by atoms with Gasteiger partial charge >= 0.3 is 5.97 Å². The Morgan fingerprint density at radius 3 is 2.63 bits per heavy atom. The van der Waals surface area contributed by atoms with Crippen LogP contribution in [0.3, 0.4) is 0 Å². The third kappa shape index (κ3) is 2.15. The molecule has 1 amide bonds. The average molecular weight is 264 g/mol. The fraction of sp³-hybridized carbons (Fsp3) is 0.182. The van der Waals surface area contributed by atoms with E-state index in [9.17, 15) is 24.5 Å². The van der Waals surface area contributed by atoms with Gasteiger partial charge in [-0.3, -0.25) is 24.5 Å². The number of hydrogen-bond acceptors (Lipinski definition) is 5. The van der Waals surface area contributed by atoms with Crippen LogP contribution < -0.4 is 4.90 Å². The molecule has 0 spiro atoms. The maximum atomic E-state index is 11.7. The number of nitrogens with zero attached hydrogens (tertiary/aromatic N) is 2. The standard InChI is InChI=1S/C11H8N2O6/c14-9(15)3-4-12-8-2-1-6(13(18)19)5-7(8)10(16)11(12)17/h1-2,5H,3-4H2,(H,14,15). The van der Waals surface area contributed by atoms with Crippen LogP contribution in [0.25, 0.3) is 0 Å². The van der Waals surface area contributed by atoms with E-state index in [1.54, 1.807) is 0 Å². The van der Waals surface area contributed by atoms with E-state index < -0.39 is 22.6 Å². The molecular weight excluding hydrogens is 256 g/mol. The van der Waals surface area contributed by atoms with Gasteiger partial charge in [-0.15, -0.1) is 0 Å². The van der Waals surface area contributed by atoms with Gasteiger partial charge < -0.3 is 10.0 Å². The van der Waals surface area contributed by atoms with E-state index in [0.717, 1.165) is 11.0 Å². The van der Waals surface area contributed by atoms with E-state index in [0.29, 0.717) is 0 Å². The van der Waals surface area contributed by atoms with Gasteiger partial charge in [0.1, 0.15) is 0 Å². The lowest BCUT2D eigenvalue weighted by molar-refractivity contribution is -0.384. The number of aliphatic carboxylic acids is 1. The topological polar surface area (TPSA) is 118 Å². The molecule has 8 heteroatoms. The number of rotatable bonds is 4. The highest BCUT2D eigenvalue weighted by Crippen LogP contribution is 2.31. The maximum Gasteiger partial charge on any atom is 0.305 e. The zero-order valence-corrected chi connectivity index (χ0v) is 9.53. The van der Waals surface area contributed by atoms with Crippen LogP contribution in [0, 0.1) is 10.1 Å². The molecule has 8 nitrogen and oxygen atoms in total. The van der Waals surface area contributed by atoms with Crippen LogP contribution in [0.5, 0.6) is 0 Å². The molecule has 0 saturated heterocycles. The van der Waals surface area contributed by atoms with Crippen molar-refractivity contribution in [1.29, 1.82) is 0 Å². The number of carboxylic acid groups (broad SMARTS) is 1. The predicted molar refractivity (Wildman–Crippen MR) is 62.0 cm³/mol. The van der Waals surface area contributed by atoms with Gasteiger partial charge in [-0.1, -0.05) is 0 Å². The number of carboxylic acids is 1. The summed E-state index contributed by atoms with van der Waals surface area (Å²) in [5.41, 5.74) is -0.147. The molecule has 0 fully saturated rings. The first-order valence-corrected chi connectivity index (χ1v) is 5.28. The normalized spacial score (nSPS) is 13.6. The van der Waals surface area contributed by atoms with Crippen molar-refractivity contribution in [2.45, 2.75) is 6.42 Å².